The number of aromatic hydroxyl groups is 1. The molecule has 0 saturated carbocycles. The van der Waals surface area contributed by atoms with Crippen LogP contribution in [0.25, 0.3) is 10.8 Å². The highest BCUT2D eigenvalue weighted by atomic mass is 16.4. The van der Waals surface area contributed by atoms with Crippen LogP contribution in [0.1, 0.15) is 5.56 Å². The van der Waals surface area contributed by atoms with Crippen LogP contribution < -0.4 is 0 Å². The van der Waals surface area contributed by atoms with Gasteiger partial charge in [-0.25, -0.2) is 4.79 Å². The lowest BCUT2D eigenvalue weighted by molar-refractivity contribution is -0.129. The zero-order valence-electron chi connectivity index (χ0n) is 8.66. The summed E-state index contributed by atoms with van der Waals surface area (Å²) in [5.41, 5.74) is -0.605. The van der Waals surface area contributed by atoms with Crippen LogP contribution in [0, 0.1) is 0 Å². The molecule has 0 fully saturated rings. The molecule has 0 aliphatic rings. The van der Waals surface area contributed by atoms with Gasteiger partial charge in [0.2, 0.25) is 0 Å². The van der Waals surface area contributed by atoms with E-state index in [2.05, 4.69) is 5.16 Å². The van der Waals surface area contributed by atoms with Crippen molar-refractivity contribution in [1.29, 1.82) is 0 Å². The Bertz CT molecular complexity index is 619. The van der Waals surface area contributed by atoms with Crippen molar-refractivity contribution in [3.8, 4) is 5.75 Å². The summed E-state index contributed by atoms with van der Waals surface area (Å²) in [6.45, 7) is 0. The lowest BCUT2D eigenvalue weighted by atomic mass is 10.0. The van der Waals surface area contributed by atoms with E-state index in [0.29, 0.717) is 5.39 Å². The molecule has 86 valence electrons. The van der Waals surface area contributed by atoms with Crippen LogP contribution in [0.5, 0.6) is 5.75 Å². The van der Waals surface area contributed by atoms with E-state index in [1.54, 1.807) is 30.3 Å². The Hall–Kier alpha value is -2.56. The lowest BCUT2D eigenvalue weighted by Gasteiger charge is -2.06. The van der Waals surface area contributed by atoms with Crippen LogP contribution in [-0.2, 0) is 4.79 Å². The predicted octanol–water partition coefficient (Wildman–Crippen LogP) is 1.81. The van der Waals surface area contributed by atoms with Crippen molar-refractivity contribution >= 4 is 22.5 Å². The number of benzene rings is 2. The fraction of sp³-hybridized carbons (Fsp3) is 0. The van der Waals surface area contributed by atoms with Crippen LogP contribution in [0.4, 0.5) is 0 Å². The fourth-order valence-corrected chi connectivity index (χ4v) is 1.66. The topological polar surface area (TPSA) is 90.1 Å². The van der Waals surface area contributed by atoms with Gasteiger partial charge in [0.25, 0.3) is 0 Å². The minimum absolute atomic E-state index is 0.0151. The molecule has 5 nitrogen and oxygen atoms in total. The third-order valence-corrected chi connectivity index (χ3v) is 2.46. The Morgan fingerprint density at radius 2 is 1.82 bits per heavy atom. The number of hydrogen-bond acceptors (Lipinski definition) is 4. The van der Waals surface area contributed by atoms with Gasteiger partial charge in [0.1, 0.15) is 5.75 Å². The molecule has 5 heteroatoms. The van der Waals surface area contributed by atoms with Gasteiger partial charge in [-0.1, -0.05) is 35.5 Å². The molecule has 0 unspecified atom stereocenters. The average molecular weight is 231 g/mol. The van der Waals surface area contributed by atoms with E-state index < -0.39 is 11.7 Å². The summed E-state index contributed by atoms with van der Waals surface area (Å²) in [5.74, 6) is -1.61. The second-order valence-corrected chi connectivity index (χ2v) is 3.44. The van der Waals surface area contributed by atoms with Crippen LogP contribution in [-0.4, -0.2) is 27.1 Å². The van der Waals surface area contributed by atoms with Crippen LogP contribution in [0.3, 0.4) is 0 Å². The van der Waals surface area contributed by atoms with Crippen molar-refractivity contribution in [2.24, 2.45) is 5.16 Å². The summed E-state index contributed by atoms with van der Waals surface area (Å²) in [6.07, 6.45) is 0. The van der Waals surface area contributed by atoms with Crippen molar-refractivity contribution in [2.45, 2.75) is 0 Å². The molecule has 0 aromatic heterocycles. The number of carboxylic acid groups (broad SMARTS) is 1. The number of fused-ring (bicyclic) bond motifs is 1. The first-order valence-electron chi connectivity index (χ1n) is 4.81. The van der Waals surface area contributed by atoms with Crippen molar-refractivity contribution < 1.29 is 20.2 Å². The smallest absolute Gasteiger partial charge is 0.358 e. The number of rotatable bonds is 2. The average Bonchev–Trinajstić information content (AvgIpc) is 2.33. The quantitative estimate of drug-likeness (QED) is 0.417. The molecule has 0 radical (unpaired) electrons. The molecule has 0 saturated heterocycles. The normalized spacial score (nSPS) is 11.6. The maximum Gasteiger partial charge on any atom is 0.358 e. The largest absolute Gasteiger partial charge is 0.507 e. The Morgan fingerprint density at radius 1 is 1.12 bits per heavy atom. The zero-order valence-corrected chi connectivity index (χ0v) is 8.66. The SMILES string of the molecule is O=C(O)C(=NO)c1ccc2ccccc2c1O. The van der Waals surface area contributed by atoms with Gasteiger partial charge in [0.15, 0.2) is 5.71 Å². The summed E-state index contributed by atoms with van der Waals surface area (Å²) in [4.78, 5) is 10.8. The number of carboxylic acids is 1. The number of phenols is 1. The van der Waals surface area contributed by atoms with E-state index in [0.717, 1.165) is 5.39 Å². The molecule has 2 aromatic carbocycles. The van der Waals surface area contributed by atoms with Crippen molar-refractivity contribution in [3.05, 3.63) is 42.0 Å². The molecule has 2 rings (SSSR count). The second-order valence-electron chi connectivity index (χ2n) is 3.44. The summed E-state index contributed by atoms with van der Waals surface area (Å²) in [6, 6.07) is 10.0. The maximum atomic E-state index is 10.8. The highest BCUT2D eigenvalue weighted by Crippen LogP contribution is 2.28. The molecule has 3 N–H and O–H groups in total. The van der Waals surface area contributed by atoms with Gasteiger partial charge >= 0.3 is 5.97 Å². The first kappa shape index (κ1) is 10.9. The Balaban J connectivity index is 2.72. The molecule has 0 heterocycles. The molecular weight excluding hydrogens is 222 g/mol. The molecule has 2 aromatic rings. The minimum Gasteiger partial charge on any atom is -0.507 e. The second kappa shape index (κ2) is 4.13. The van der Waals surface area contributed by atoms with Gasteiger partial charge in [-0.3, -0.25) is 0 Å². The van der Waals surface area contributed by atoms with Gasteiger partial charge in [-0.05, 0) is 11.5 Å². The summed E-state index contributed by atoms with van der Waals surface area (Å²) in [7, 11) is 0. The molecule has 0 bridgehead atoms. The maximum absolute atomic E-state index is 10.8. The van der Waals surface area contributed by atoms with Gasteiger partial charge in [0, 0.05) is 5.39 Å². The first-order chi connectivity index (χ1) is 8.15. The summed E-state index contributed by atoms with van der Waals surface area (Å²) in [5, 5.41) is 31.4. The van der Waals surface area contributed by atoms with Crippen LogP contribution in [0.15, 0.2) is 41.6 Å². The molecular formula is C12H9NO4. The predicted molar refractivity (Wildman–Crippen MR) is 61.6 cm³/mol. The number of nitrogens with zero attached hydrogens (tertiary/aromatic N) is 1. The Morgan fingerprint density at radius 3 is 2.47 bits per heavy atom. The van der Waals surface area contributed by atoms with Crippen molar-refractivity contribution in [1.82, 2.24) is 0 Å². The number of hydrogen-bond donors (Lipinski definition) is 3. The molecule has 0 spiro atoms. The van der Waals surface area contributed by atoms with E-state index in [1.807, 2.05) is 0 Å². The van der Waals surface area contributed by atoms with Crippen LogP contribution >= 0.6 is 0 Å². The Labute approximate surface area is 96.2 Å². The fourth-order valence-electron chi connectivity index (χ4n) is 1.66. The zero-order chi connectivity index (χ0) is 12.4. The summed E-state index contributed by atoms with van der Waals surface area (Å²) >= 11 is 0. The molecule has 0 amide bonds. The highest BCUT2D eigenvalue weighted by molar-refractivity contribution is 6.43. The van der Waals surface area contributed by atoms with E-state index in [4.69, 9.17) is 10.3 Å². The van der Waals surface area contributed by atoms with Gasteiger partial charge in [0.05, 0.1) is 5.56 Å². The molecule has 17 heavy (non-hydrogen) atoms. The van der Waals surface area contributed by atoms with E-state index in [9.17, 15) is 9.90 Å². The van der Waals surface area contributed by atoms with E-state index in [-0.39, 0.29) is 11.3 Å². The van der Waals surface area contributed by atoms with Crippen molar-refractivity contribution in [2.75, 3.05) is 0 Å². The number of oxime groups is 1. The van der Waals surface area contributed by atoms with E-state index in [1.165, 1.54) is 6.07 Å². The standard InChI is InChI=1S/C12H9NO4/c14-11-8-4-2-1-3-7(8)5-6-9(11)10(13-17)12(15)16/h1-6,14,17H,(H,15,16). The molecule has 0 atom stereocenters. The van der Waals surface area contributed by atoms with Crippen LogP contribution in [0.2, 0.25) is 0 Å². The Kier molecular flexibility index (Phi) is 2.66. The number of carbonyl (C=O) groups is 1. The molecule has 0 aliphatic carbocycles. The van der Waals surface area contributed by atoms with Crippen molar-refractivity contribution in [3.63, 3.8) is 0 Å². The monoisotopic (exact) mass is 231 g/mol. The van der Waals surface area contributed by atoms with Gasteiger partial charge < -0.3 is 15.4 Å². The number of aliphatic carboxylic acids is 1. The third-order valence-electron chi connectivity index (χ3n) is 2.46. The van der Waals surface area contributed by atoms with E-state index >= 15 is 0 Å². The number of phenolic OH excluding ortho intramolecular Hbond substituents is 1. The molecule has 0 aliphatic heterocycles. The van der Waals surface area contributed by atoms with Gasteiger partial charge in [-0.15, -0.1) is 0 Å². The lowest BCUT2D eigenvalue weighted by Crippen LogP contribution is -2.14. The van der Waals surface area contributed by atoms with Gasteiger partial charge in [-0.2, -0.15) is 0 Å². The summed E-state index contributed by atoms with van der Waals surface area (Å²) < 4.78 is 0. The minimum atomic E-state index is -1.40. The highest BCUT2D eigenvalue weighted by Gasteiger charge is 2.18. The first-order valence-corrected chi connectivity index (χ1v) is 4.81. The third kappa shape index (κ3) is 1.78.